The van der Waals surface area contributed by atoms with Crippen molar-refractivity contribution in [1.82, 2.24) is 10.2 Å². The number of rotatable bonds is 21. The van der Waals surface area contributed by atoms with E-state index in [1.54, 1.807) is 6.92 Å². The van der Waals surface area contributed by atoms with Crippen LogP contribution in [0, 0.1) is 56.2 Å². The molecule has 12 heteroatoms. The summed E-state index contributed by atoms with van der Waals surface area (Å²) in [5.74, 6) is 2.02. The Labute approximate surface area is 499 Å². The van der Waals surface area contributed by atoms with Crippen LogP contribution in [0.2, 0.25) is 0 Å². The van der Waals surface area contributed by atoms with Gasteiger partial charge in [0, 0.05) is 90.9 Å². The molecule has 1 saturated heterocycles. The van der Waals surface area contributed by atoms with Crippen LogP contribution in [-0.2, 0) is 56.0 Å². The molecule has 1 aliphatic rings. The van der Waals surface area contributed by atoms with Crippen LogP contribution in [0.25, 0.3) is 0 Å². The van der Waals surface area contributed by atoms with Crippen molar-refractivity contribution in [3.05, 3.63) is 35.4 Å². The highest BCUT2D eigenvalue weighted by Gasteiger charge is 2.45. The summed E-state index contributed by atoms with van der Waals surface area (Å²) in [7, 11) is 3.75. The third-order valence-electron chi connectivity index (χ3n) is 12.6. The lowest BCUT2D eigenvalue weighted by Gasteiger charge is -2.26. The van der Waals surface area contributed by atoms with Crippen molar-refractivity contribution in [2.75, 3.05) is 20.6 Å². The Bertz CT molecular complexity index is 2000. The first-order chi connectivity index (χ1) is 35.5. The Hall–Kier alpha value is -4.03. The highest BCUT2D eigenvalue weighted by atomic mass is 16.2. The molecule has 1 heterocycles. The number of imide groups is 1. The molecule has 0 spiro atoms. The largest absolute Gasteiger partial charge is 0.330 e. The molecule has 1 aliphatic heterocycles. The molecule has 81 heavy (non-hydrogen) atoms. The Balaban J connectivity index is -0.000000220. The van der Waals surface area contributed by atoms with Gasteiger partial charge in [-0.1, -0.05) is 198 Å². The van der Waals surface area contributed by atoms with Crippen molar-refractivity contribution in [3.8, 4) is 0 Å². The minimum atomic E-state index is -0.383. The molecule has 0 radical (unpaired) electrons. The molecule has 0 aromatic heterocycles. The van der Waals surface area contributed by atoms with Crippen LogP contribution in [0.4, 0.5) is 0 Å². The fourth-order valence-electron chi connectivity index (χ4n) is 8.20. The number of benzene rings is 1. The van der Waals surface area contributed by atoms with Crippen LogP contribution in [0.1, 0.15) is 270 Å². The monoisotopic (exact) mass is 1140 g/mol. The zero-order valence-electron chi connectivity index (χ0n) is 55.8. The standard InChI is InChI=1S/C20H28O3.C16H31NO2.C11H19NO2.C10H20O.C8H16O.C2H7N.2CH4/c1-15(21)14-17-10-8-16(9-11-17)12-13-18(22)6-5-7-19(23)20(2,3)4;1-15(2,3)13(18)11-12(9-7-8-10-17)14(19)16(4,5)6;1-7(2)12-9(13)6-8(10(12)14)11(3,4)5;1-8(2)6-9(11)7-10(3,4)5;1-6(2)7(9)8(3,4)5;1-3-2;;/h8-11H,5-7,12-14H2,1-4H3;12H,7-11,17H2,1-6H3;7-8H,6H2,1-5H3;8H,6-7H2,1-5H3;6H,1-5H3;3H,1-2H3;2*1H4. The number of Topliss-reactive ketones (excluding diaryl/α,β-unsaturated/α-hetero) is 7. The van der Waals surface area contributed by atoms with E-state index in [0.717, 1.165) is 36.8 Å². The molecule has 1 aromatic rings. The van der Waals surface area contributed by atoms with Gasteiger partial charge >= 0.3 is 0 Å². The number of unbranched alkanes of at least 4 members (excludes halogenated alkanes) is 1. The quantitative estimate of drug-likeness (QED) is 0.0878. The Morgan fingerprint density at radius 2 is 1.04 bits per heavy atom. The van der Waals surface area contributed by atoms with Gasteiger partial charge in [0.2, 0.25) is 11.8 Å². The summed E-state index contributed by atoms with van der Waals surface area (Å²) in [6.07, 6.45) is 8.08. The number of likely N-dealkylation sites (tertiary alicyclic amines) is 1. The van der Waals surface area contributed by atoms with Crippen molar-refractivity contribution in [2.24, 2.45) is 61.9 Å². The molecular weight excluding hydrogens is 1010 g/mol. The second-order valence-corrected chi connectivity index (χ2v) is 29.2. The Morgan fingerprint density at radius 1 is 0.593 bits per heavy atom. The summed E-state index contributed by atoms with van der Waals surface area (Å²) < 4.78 is 0. The summed E-state index contributed by atoms with van der Waals surface area (Å²) in [6.45, 7) is 49.4. The second-order valence-electron chi connectivity index (χ2n) is 29.2. The molecule has 2 unspecified atom stereocenters. The Morgan fingerprint density at radius 3 is 1.35 bits per heavy atom. The molecule has 0 bridgehead atoms. The first-order valence-corrected chi connectivity index (χ1v) is 29.4. The third-order valence-corrected chi connectivity index (χ3v) is 12.6. The third kappa shape index (κ3) is 44.2. The molecule has 0 aliphatic carbocycles. The van der Waals surface area contributed by atoms with Crippen molar-refractivity contribution in [3.63, 3.8) is 0 Å². The number of nitrogens with zero attached hydrogens (tertiary/aromatic N) is 1. The van der Waals surface area contributed by atoms with E-state index in [2.05, 4.69) is 39.9 Å². The zero-order valence-corrected chi connectivity index (χ0v) is 55.8. The minimum Gasteiger partial charge on any atom is -0.330 e. The number of carbonyl (C=O) groups excluding carboxylic acids is 9. The summed E-state index contributed by atoms with van der Waals surface area (Å²) in [4.78, 5) is 107. The van der Waals surface area contributed by atoms with E-state index >= 15 is 0 Å². The average Bonchev–Trinajstić information content (AvgIpc) is 3.58. The lowest BCUT2D eigenvalue weighted by Crippen LogP contribution is -2.38. The summed E-state index contributed by atoms with van der Waals surface area (Å²) >= 11 is 0. The van der Waals surface area contributed by atoms with Gasteiger partial charge in [-0.2, -0.15) is 0 Å². The molecule has 12 nitrogen and oxygen atoms in total. The maximum absolute atomic E-state index is 12.4. The van der Waals surface area contributed by atoms with Crippen LogP contribution in [0.5, 0.6) is 0 Å². The first-order valence-electron chi connectivity index (χ1n) is 29.4. The van der Waals surface area contributed by atoms with E-state index in [9.17, 15) is 43.2 Å². The number of aryl methyl sites for hydroxylation is 1. The number of hydrogen-bond donors (Lipinski definition) is 2. The lowest BCUT2D eigenvalue weighted by molar-refractivity contribution is -0.142. The molecule has 1 fully saturated rings. The molecule has 3 N–H and O–H groups in total. The van der Waals surface area contributed by atoms with Gasteiger partial charge in [-0.3, -0.25) is 48.1 Å². The topological polar surface area (TPSA) is 195 Å². The number of hydrogen-bond acceptors (Lipinski definition) is 11. The molecule has 474 valence electrons. The zero-order chi connectivity index (χ0) is 63.2. The van der Waals surface area contributed by atoms with Gasteiger partial charge in [-0.15, -0.1) is 0 Å². The highest BCUT2D eigenvalue weighted by Crippen LogP contribution is 2.36. The molecule has 0 saturated carbocycles. The SMILES string of the molecule is C.C.CC(=O)Cc1ccc(CCC(=O)CCCC(=O)C(C)(C)C)cc1.CC(C)(C)C(=O)CC(CCCCN)C(=O)C(C)(C)C.CC(C)C(=O)C(C)(C)C.CC(C)CC(=O)CC(C)(C)C.CC(C)N1C(=O)CC(C(C)(C)C)C1=O.CNC. The van der Waals surface area contributed by atoms with Gasteiger partial charge in [0.15, 0.2) is 0 Å². The van der Waals surface area contributed by atoms with Crippen LogP contribution in [0.3, 0.4) is 0 Å². The normalized spacial score (nSPS) is 13.9. The van der Waals surface area contributed by atoms with Gasteiger partial charge in [0.05, 0.1) is 5.92 Å². The number of nitrogens with one attached hydrogen (secondary N) is 1. The van der Waals surface area contributed by atoms with E-state index in [4.69, 9.17) is 5.73 Å². The van der Waals surface area contributed by atoms with Crippen molar-refractivity contribution < 1.29 is 43.2 Å². The predicted octanol–water partition coefficient (Wildman–Crippen LogP) is 15.7. The van der Waals surface area contributed by atoms with Crippen molar-refractivity contribution in [2.45, 2.75) is 277 Å². The number of amides is 2. The predicted molar refractivity (Wildman–Crippen MR) is 343 cm³/mol. The molecule has 2 atom stereocenters. The smallest absolute Gasteiger partial charge is 0.233 e. The van der Waals surface area contributed by atoms with E-state index in [1.807, 2.05) is 170 Å². The van der Waals surface area contributed by atoms with Crippen molar-refractivity contribution in [1.29, 1.82) is 0 Å². The van der Waals surface area contributed by atoms with E-state index in [1.165, 1.54) is 4.90 Å². The molecular formula is C69H129N3O9. The minimum absolute atomic E-state index is 0. The highest BCUT2D eigenvalue weighted by molar-refractivity contribution is 6.04. The van der Waals surface area contributed by atoms with Crippen LogP contribution >= 0.6 is 0 Å². The van der Waals surface area contributed by atoms with Crippen molar-refractivity contribution >= 4 is 52.3 Å². The van der Waals surface area contributed by atoms with Crippen LogP contribution < -0.4 is 11.1 Å². The second kappa shape index (κ2) is 41.1. The average molecular weight is 1140 g/mol. The maximum Gasteiger partial charge on any atom is 0.233 e. The van der Waals surface area contributed by atoms with E-state index in [0.29, 0.717) is 81.8 Å². The molecule has 2 amide bonds. The van der Waals surface area contributed by atoms with Crippen LogP contribution in [-0.4, -0.2) is 83.9 Å². The van der Waals surface area contributed by atoms with Gasteiger partial charge in [-0.25, -0.2) is 0 Å². The Kier molecular flexibility index (Phi) is 44.7. The lowest BCUT2D eigenvalue weighted by atomic mass is 9.76. The van der Waals surface area contributed by atoms with Gasteiger partial charge in [-0.05, 0) is 95.0 Å². The number of carbonyl (C=O) groups is 9. The van der Waals surface area contributed by atoms with Crippen LogP contribution in [0.15, 0.2) is 24.3 Å². The first kappa shape index (κ1) is 88.2. The maximum atomic E-state index is 12.4. The number of ketones is 7. The summed E-state index contributed by atoms with van der Waals surface area (Å²) in [6, 6.07) is 7.85. The molecule has 2 rings (SSSR count). The number of nitrogens with two attached hydrogens (primary N) is 1. The fourth-order valence-corrected chi connectivity index (χ4v) is 8.20. The van der Waals surface area contributed by atoms with Gasteiger partial charge < -0.3 is 11.1 Å². The summed E-state index contributed by atoms with van der Waals surface area (Å²) in [5.41, 5.74) is 6.43. The van der Waals surface area contributed by atoms with Gasteiger partial charge in [0.1, 0.15) is 40.5 Å². The van der Waals surface area contributed by atoms with E-state index in [-0.39, 0.29) is 112 Å². The van der Waals surface area contributed by atoms with E-state index < -0.39 is 0 Å². The summed E-state index contributed by atoms with van der Waals surface area (Å²) in [5, 5.41) is 2.75. The fraction of sp³-hybridized carbons (Fsp3) is 0.783. The van der Waals surface area contributed by atoms with Gasteiger partial charge in [0.25, 0.3) is 0 Å². The molecule has 1 aromatic carbocycles.